The molecule has 2 aromatic rings. The minimum atomic E-state index is -0.716. The fourth-order valence-corrected chi connectivity index (χ4v) is 1.46. The van der Waals surface area contributed by atoms with Crippen molar-refractivity contribution in [3.8, 4) is 11.5 Å². The average Bonchev–Trinajstić information content (AvgIpc) is 3.03. The molecule has 2 heterocycles. The number of aromatic nitrogens is 2. The van der Waals surface area contributed by atoms with Gasteiger partial charge in [-0.1, -0.05) is 0 Å². The number of nitro groups is 1. The van der Waals surface area contributed by atoms with Gasteiger partial charge >= 0.3 is 5.88 Å². The van der Waals surface area contributed by atoms with Crippen molar-refractivity contribution in [2.24, 2.45) is 5.84 Å². The van der Waals surface area contributed by atoms with E-state index < -0.39 is 16.7 Å². The van der Waals surface area contributed by atoms with Gasteiger partial charge in [0.05, 0.1) is 17.8 Å². The van der Waals surface area contributed by atoms with Crippen LogP contribution >= 0.6 is 0 Å². The second-order valence-electron chi connectivity index (χ2n) is 3.73. The maximum absolute atomic E-state index is 11.1. The van der Waals surface area contributed by atoms with E-state index in [0.29, 0.717) is 11.4 Å². The summed E-state index contributed by atoms with van der Waals surface area (Å²) in [5, 5.41) is 15.1. The van der Waals surface area contributed by atoms with E-state index in [-0.39, 0.29) is 17.0 Å². The number of amides is 1. The normalized spacial score (nSPS) is 10.3. The van der Waals surface area contributed by atoms with E-state index in [0.717, 1.165) is 10.9 Å². The molecule has 20 heavy (non-hydrogen) atoms. The van der Waals surface area contributed by atoms with Crippen LogP contribution in [0.4, 0.5) is 5.88 Å². The third kappa shape index (κ3) is 2.27. The lowest BCUT2D eigenvalue weighted by atomic mass is 10.2. The summed E-state index contributed by atoms with van der Waals surface area (Å²) in [5.74, 6) is 4.46. The minimum absolute atomic E-state index is 0.0227. The van der Waals surface area contributed by atoms with Crippen molar-refractivity contribution in [1.29, 1.82) is 0 Å². The van der Waals surface area contributed by atoms with Crippen LogP contribution in [0, 0.1) is 10.1 Å². The zero-order chi connectivity index (χ0) is 14.9. The van der Waals surface area contributed by atoms with Crippen LogP contribution < -0.4 is 11.0 Å². The number of nitrogens with two attached hydrogens (primary N) is 1. The third-order valence-electron chi connectivity index (χ3n) is 2.41. The van der Waals surface area contributed by atoms with Crippen LogP contribution in [-0.2, 0) is 4.79 Å². The molecule has 2 N–H and O–H groups in total. The topological polar surface area (TPSA) is 138 Å². The SMILES string of the molecule is CC(=O)N(N)n1cc(C=O)c(-c2ccc([N+](=O)[O-])o2)n1. The first kappa shape index (κ1) is 13.4. The lowest BCUT2D eigenvalue weighted by Crippen LogP contribution is -2.45. The van der Waals surface area contributed by atoms with Gasteiger partial charge in [-0.15, -0.1) is 5.10 Å². The number of nitrogens with zero attached hydrogens (tertiary/aromatic N) is 4. The largest absolute Gasteiger partial charge is 0.433 e. The maximum Gasteiger partial charge on any atom is 0.433 e. The summed E-state index contributed by atoms with van der Waals surface area (Å²) in [6, 6.07) is 2.43. The van der Waals surface area contributed by atoms with E-state index in [2.05, 4.69) is 5.10 Å². The van der Waals surface area contributed by atoms with Gasteiger partial charge in [0.2, 0.25) is 0 Å². The van der Waals surface area contributed by atoms with E-state index in [4.69, 9.17) is 10.3 Å². The zero-order valence-corrected chi connectivity index (χ0v) is 10.2. The molecule has 0 aliphatic rings. The maximum atomic E-state index is 11.1. The van der Waals surface area contributed by atoms with Crippen LogP contribution in [0.3, 0.4) is 0 Å². The van der Waals surface area contributed by atoms with Crippen LogP contribution in [0.5, 0.6) is 0 Å². The first-order valence-electron chi connectivity index (χ1n) is 5.29. The Bertz CT molecular complexity index is 688. The number of aldehydes is 1. The number of carbonyl (C=O) groups excluding carboxylic acids is 2. The molecule has 0 aliphatic heterocycles. The summed E-state index contributed by atoms with van der Waals surface area (Å²) in [4.78, 5) is 32.9. The fourth-order valence-electron chi connectivity index (χ4n) is 1.46. The molecule has 10 heteroatoms. The Kier molecular flexibility index (Phi) is 3.31. The lowest BCUT2D eigenvalue weighted by molar-refractivity contribution is -0.401. The molecule has 10 nitrogen and oxygen atoms in total. The Hall–Kier alpha value is -3.01. The number of rotatable bonds is 4. The van der Waals surface area contributed by atoms with Crippen molar-refractivity contribution in [3.63, 3.8) is 0 Å². The number of hydrogen-bond acceptors (Lipinski definition) is 7. The number of hydrazine groups is 1. The van der Waals surface area contributed by atoms with Gasteiger partial charge in [0.15, 0.2) is 12.0 Å². The Morgan fingerprint density at radius 3 is 2.80 bits per heavy atom. The molecule has 0 unspecified atom stereocenters. The molecule has 0 atom stereocenters. The molecule has 0 fully saturated rings. The molecule has 2 rings (SSSR count). The number of carbonyl (C=O) groups is 2. The average molecular weight is 279 g/mol. The van der Waals surface area contributed by atoms with Gasteiger partial charge in [-0.05, 0) is 6.07 Å². The summed E-state index contributed by atoms with van der Waals surface area (Å²) in [6.07, 6.45) is 1.68. The van der Waals surface area contributed by atoms with Gasteiger partial charge in [-0.3, -0.25) is 19.7 Å². The second-order valence-corrected chi connectivity index (χ2v) is 3.73. The van der Waals surface area contributed by atoms with E-state index in [1.54, 1.807) is 0 Å². The van der Waals surface area contributed by atoms with Crippen molar-refractivity contribution in [3.05, 3.63) is 34.0 Å². The standard InChI is InChI=1S/C10H9N5O5/c1-6(17)14(11)13-4-7(5-16)10(12-13)8-2-3-9(20-8)15(18)19/h2-5H,11H2,1H3. The first-order valence-corrected chi connectivity index (χ1v) is 5.29. The predicted molar refractivity (Wildman–Crippen MR) is 65.1 cm³/mol. The molecular weight excluding hydrogens is 270 g/mol. The van der Waals surface area contributed by atoms with Gasteiger partial charge in [-0.2, -0.15) is 9.91 Å². The van der Waals surface area contributed by atoms with Gasteiger partial charge in [0, 0.05) is 6.92 Å². The molecule has 104 valence electrons. The minimum Gasteiger partial charge on any atom is -0.399 e. The van der Waals surface area contributed by atoms with E-state index in [9.17, 15) is 19.7 Å². The Morgan fingerprint density at radius 2 is 2.30 bits per heavy atom. The lowest BCUT2D eigenvalue weighted by Gasteiger charge is -2.12. The third-order valence-corrected chi connectivity index (χ3v) is 2.41. The highest BCUT2D eigenvalue weighted by Gasteiger charge is 2.20. The Morgan fingerprint density at radius 1 is 1.60 bits per heavy atom. The second kappa shape index (κ2) is 4.93. The van der Waals surface area contributed by atoms with E-state index >= 15 is 0 Å². The van der Waals surface area contributed by atoms with Crippen LogP contribution in [-0.4, -0.2) is 27.0 Å². The molecule has 0 saturated heterocycles. The fraction of sp³-hybridized carbons (Fsp3) is 0.100. The first-order chi connectivity index (χ1) is 9.43. The van der Waals surface area contributed by atoms with Crippen LogP contribution in [0.25, 0.3) is 11.5 Å². The molecule has 0 spiro atoms. The van der Waals surface area contributed by atoms with E-state index in [1.165, 1.54) is 19.2 Å². The monoisotopic (exact) mass is 279 g/mol. The summed E-state index contributed by atoms with van der Waals surface area (Å²) in [5.41, 5.74) is 0.121. The van der Waals surface area contributed by atoms with Crippen LogP contribution in [0.2, 0.25) is 0 Å². The van der Waals surface area contributed by atoms with Crippen molar-refractivity contribution < 1.29 is 18.9 Å². The summed E-state index contributed by atoms with van der Waals surface area (Å²) in [6.45, 7) is 1.21. The Balaban J connectivity index is 2.47. The Labute approximate surface area is 111 Å². The smallest absolute Gasteiger partial charge is 0.399 e. The van der Waals surface area contributed by atoms with Gasteiger partial charge < -0.3 is 4.42 Å². The van der Waals surface area contributed by atoms with Crippen LogP contribution in [0.1, 0.15) is 17.3 Å². The van der Waals surface area contributed by atoms with E-state index in [1.807, 2.05) is 0 Å². The highest BCUT2D eigenvalue weighted by Crippen LogP contribution is 2.26. The molecule has 0 aromatic carbocycles. The van der Waals surface area contributed by atoms with Gasteiger partial charge in [-0.25, -0.2) is 5.84 Å². The van der Waals surface area contributed by atoms with Crippen molar-refractivity contribution in [2.45, 2.75) is 6.92 Å². The molecule has 1 amide bonds. The van der Waals surface area contributed by atoms with Gasteiger partial charge in [0.25, 0.3) is 5.91 Å². The predicted octanol–water partition coefficient (Wildman–Crippen LogP) is 0.222. The highest BCUT2D eigenvalue weighted by atomic mass is 16.6. The quantitative estimate of drug-likeness (QED) is 0.278. The molecule has 0 aliphatic carbocycles. The van der Waals surface area contributed by atoms with Gasteiger partial charge in [0.1, 0.15) is 10.6 Å². The summed E-state index contributed by atoms with van der Waals surface area (Å²) < 4.78 is 4.95. The molecule has 0 bridgehead atoms. The molecule has 2 aromatic heterocycles. The van der Waals surface area contributed by atoms with Crippen molar-refractivity contribution in [2.75, 3.05) is 5.12 Å². The number of hydrogen-bond donors (Lipinski definition) is 1. The highest BCUT2D eigenvalue weighted by molar-refractivity contribution is 5.85. The summed E-state index contributed by atoms with van der Waals surface area (Å²) in [7, 11) is 0. The summed E-state index contributed by atoms with van der Waals surface area (Å²) >= 11 is 0. The molecular formula is C10H9N5O5. The number of furan rings is 1. The van der Waals surface area contributed by atoms with Crippen molar-refractivity contribution >= 4 is 18.1 Å². The van der Waals surface area contributed by atoms with Crippen LogP contribution in [0.15, 0.2) is 22.7 Å². The van der Waals surface area contributed by atoms with Crippen molar-refractivity contribution in [1.82, 2.24) is 9.89 Å². The molecule has 0 saturated carbocycles. The zero-order valence-electron chi connectivity index (χ0n) is 10.2. The molecule has 0 radical (unpaired) electrons.